The maximum Gasteiger partial charge on any atom is 0.0827 e. The predicted molar refractivity (Wildman–Crippen MR) is 28.5 cm³/mol. The van der Waals surface area contributed by atoms with E-state index in [1.165, 1.54) is 6.08 Å². The summed E-state index contributed by atoms with van der Waals surface area (Å²) < 4.78 is 11.1. The molecule has 0 aromatic carbocycles. The van der Waals surface area contributed by atoms with Crippen molar-refractivity contribution in [3.8, 4) is 0 Å². The Hall–Kier alpha value is -0.370. The van der Waals surface area contributed by atoms with Gasteiger partial charge in [0.15, 0.2) is 0 Å². The van der Waals surface area contributed by atoms with Gasteiger partial charge in [0.1, 0.15) is 0 Å². The Morgan fingerprint density at radius 2 is 2.43 bits per heavy atom. The normalized spacial score (nSPS) is 15.3. The molecule has 0 aliphatic rings. The maximum absolute atomic E-state index is 11.1. The first-order valence-corrected chi connectivity index (χ1v) is 2.28. The van der Waals surface area contributed by atoms with Crippen molar-refractivity contribution in [3.63, 3.8) is 0 Å². The Morgan fingerprint density at radius 3 is 2.57 bits per heavy atom. The van der Waals surface area contributed by atoms with Gasteiger partial charge in [0, 0.05) is 6.04 Å². The molecule has 2 heteroatoms. The molecule has 0 fully saturated rings. The second-order valence-corrected chi connectivity index (χ2v) is 1.57. The third kappa shape index (κ3) is 5.63. The van der Waals surface area contributed by atoms with Gasteiger partial charge in [-0.25, -0.2) is 4.39 Å². The number of hydrogen-bond donors (Lipinski definition) is 1. The Morgan fingerprint density at radius 1 is 1.86 bits per heavy atom. The van der Waals surface area contributed by atoms with Gasteiger partial charge >= 0.3 is 0 Å². The first kappa shape index (κ1) is 6.63. The molecule has 1 nitrogen and oxygen atoms in total. The van der Waals surface area contributed by atoms with Crippen LogP contribution in [0.4, 0.5) is 4.39 Å². The zero-order valence-electron chi connectivity index (χ0n) is 4.39. The van der Waals surface area contributed by atoms with Crippen LogP contribution in [-0.2, 0) is 0 Å². The van der Waals surface area contributed by atoms with E-state index >= 15 is 0 Å². The van der Waals surface area contributed by atoms with Crippen LogP contribution in [0, 0.1) is 0 Å². The van der Waals surface area contributed by atoms with Gasteiger partial charge in [0.05, 0.1) is 6.33 Å². The molecule has 0 saturated heterocycles. The van der Waals surface area contributed by atoms with Crippen molar-refractivity contribution in [1.29, 1.82) is 0 Å². The molecule has 0 spiro atoms. The molecule has 0 bridgehead atoms. The fourth-order valence-electron chi connectivity index (χ4n) is 0.266. The van der Waals surface area contributed by atoms with Crippen LogP contribution in [0.5, 0.6) is 0 Å². The third-order valence-electron chi connectivity index (χ3n) is 0.597. The van der Waals surface area contributed by atoms with Gasteiger partial charge in [-0.15, -0.1) is 0 Å². The maximum atomic E-state index is 11.1. The average molecular weight is 103 g/mol. The monoisotopic (exact) mass is 103 g/mol. The minimum absolute atomic E-state index is 0.0759. The van der Waals surface area contributed by atoms with Gasteiger partial charge in [-0.2, -0.15) is 0 Å². The van der Waals surface area contributed by atoms with Crippen LogP contribution >= 0.6 is 0 Å². The number of rotatable bonds is 2. The molecule has 0 radical (unpaired) electrons. The molecule has 2 N–H and O–H groups in total. The van der Waals surface area contributed by atoms with E-state index in [0.29, 0.717) is 12.8 Å². The van der Waals surface area contributed by atoms with Gasteiger partial charge < -0.3 is 5.73 Å². The van der Waals surface area contributed by atoms with Crippen molar-refractivity contribution in [1.82, 2.24) is 0 Å². The van der Waals surface area contributed by atoms with Crippen molar-refractivity contribution >= 4 is 0 Å². The lowest BCUT2D eigenvalue weighted by Gasteiger charge is -1.94. The lowest BCUT2D eigenvalue weighted by Crippen LogP contribution is -2.12. The minimum Gasteiger partial charge on any atom is -0.328 e. The van der Waals surface area contributed by atoms with Gasteiger partial charge in [0.2, 0.25) is 0 Å². The van der Waals surface area contributed by atoms with Crippen molar-refractivity contribution in [2.24, 2.45) is 5.73 Å². The van der Waals surface area contributed by atoms with Gasteiger partial charge in [0.25, 0.3) is 0 Å². The van der Waals surface area contributed by atoms with E-state index < -0.39 is 0 Å². The lowest BCUT2D eigenvalue weighted by molar-refractivity contribution is 0.694. The fraction of sp³-hybridized carbons (Fsp3) is 0.600. The molecule has 7 heavy (non-hydrogen) atoms. The molecular formula is C5H10FN. The zero-order chi connectivity index (χ0) is 5.70. The molecule has 0 amide bonds. The number of hydrogen-bond acceptors (Lipinski definition) is 1. The summed E-state index contributed by atoms with van der Waals surface area (Å²) in [4.78, 5) is 0. The highest BCUT2D eigenvalue weighted by Crippen LogP contribution is 1.86. The lowest BCUT2D eigenvalue weighted by atomic mass is 10.2. The molecule has 42 valence electrons. The molecular weight excluding hydrogens is 93.1 g/mol. The fourth-order valence-corrected chi connectivity index (χ4v) is 0.266. The number of nitrogens with two attached hydrogens (primary N) is 1. The molecule has 0 heterocycles. The molecule has 1 atom stereocenters. The summed E-state index contributed by atoms with van der Waals surface area (Å²) in [5.74, 6) is 0. The van der Waals surface area contributed by atoms with Crippen molar-refractivity contribution in [2.45, 2.75) is 19.4 Å². The van der Waals surface area contributed by atoms with Crippen LogP contribution in [0.1, 0.15) is 13.3 Å². The highest BCUT2D eigenvalue weighted by molar-refractivity contribution is 4.75. The van der Waals surface area contributed by atoms with E-state index in [-0.39, 0.29) is 6.04 Å². The second-order valence-electron chi connectivity index (χ2n) is 1.57. The Labute approximate surface area is 43.0 Å². The average Bonchev–Trinajstić information content (AvgIpc) is 1.61. The van der Waals surface area contributed by atoms with E-state index in [0.717, 1.165) is 0 Å². The molecule has 0 saturated carbocycles. The van der Waals surface area contributed by atoms with Crippen molar-refractivity contribution in [2.75, 3.05) is 0 Å². The Balaban J connectivity index is 2.97. The number of halogens is 1. The summed E-state index contributed by atoms with van der Waals surface area (Å²) in [6.45, 7) is 1.83. The van der Waals surface area contributed by atoms with E-state index in [9.17, 15) is 4.39 Å². The minimum atomic E-state index is 0.0759. The predicted octanol–water partition coefficient (Wildman–Crippen LogP) is 1.21. The van der Waals surface area contributed by atoms with Crippen molar-refractivity contribution < 1.29 is 4.39 Å². The standard InChI is InChI=1S/C5H10FN/c1-5(7)3-2-4-6/h2,4-5H,3,7H2,1H3. The van der Waals surface area contributed by atoms with Gasteiger partial charge in [-0.1, -0.05) is 6.08 Å². The molecule has 0 rings (SSSR count). The zero-order valence-corrected chi connectivity index (χ0v) is 4.39. The summed E-state index contributed by atoms with van der Waals surface area (Å²) in [6.07, 6.45) is 2.55. The molecule has 0 aromatic heterocycles. The quantitative estimate of drug-likeness (QED) is 0.558. The van der Waals surface area contributed by atoms with Crippen LogP contribution in [-0.4, -0.2) is 6.04 Å². The largest absolute Gasteiger partial charge is 0.328 e. The van der Waals surface area contributed by atoms with E-state index in [2.05, 4.69) is 0 Å². The van der Waals surface area contributed by atoms with Crippen LogP contribution < -0.4 is 5.73 Å². The molecule has 0 aliphatic heterocycles. The summed E-state index contributed by atoms with van der Waals surface area (Å²) in [5.41, 5.74) is 5.26. The first-order chi connectivity index (χ1) is 3.27. The highest BCUT2D eigenvalue weighted by atomic mass is 19.1. The summed E-state index contributed by atoms with van der Waals surface area (Å²) in [5, 5.41) is 0. The summed E-state index contributed by atoms with van der Waals surface area (Å²) >= 11 is 0. The Bertz CT molecular complexity index is 59.1. The first-order valence-electron chi connectivity index (χ1n) is 2.28. The Kier molecular flexibility index (Phi) is 3.61. The van der Waals surface area contributed by atoms with E-state index in [1.54, 1.807) is 0 Å². The van der Waals surface area contributed by atoms with Crippen LogP contribution in [0.15, 0.2) is 12.4 Å². The molecule has 0 aromatic rings. The second kappa shape index (κ2) is 3.81. The highest BCUT2D eigenvalue weighted by Gasteiger charge is 1.84. The SMILES string of the molecule is CC(N)CC=CF. The van der Waals surface area contributed by atoms with Crippen LogP contribution in [0.3, 0.4) is 0 Å². The van der Waals surface area contributed by atoms with E-state index in [4.69, 9.17) is 5.73 Å². The molecule has 1 unspecified atom stereocenters. The van der Waals surface area contributed by atoms with E-state index in [1.807, 2.05) is 6.92 Å². The summed E-state index contributed by atoms with van der Waals surface area (Å²) in [7, 11) is 0. The van der Waals surface area contributed by atoms with Crippen molar-refractivity contribution in [3.05, 3.63) is 12.4 Å². The van der Waals surface area contributed by atoms with Crippen LogP contribution in [0.25, 0.3) is 0 Å². The third-order valence-corrected chi connectivity index (χ3v) is 0.597. The topological polar surface area (TPSA) is 26.0 Å². The summed E-state index contributed by atoms with van der Waals surface area (Å²) in [6, 6.07) is 0.0759. The van der Waals surface area contributed by atoms with Gasteiger partial charge in [-0.05, 0) is 13.3 Å². The van der Waals surface area contributed by atoms with Gasteiger partial charge in [-0.3, -0.25) is 0 Å². The smallest absolute Gasteiger partial charge is 0.0827 e. The van der Waals surface area contributed by atoms with Crippen LogP contribution in [0.2, 0.25) is 0 Å². The molecule has 0 aliphatic carbocycles.